The summed E-state index contributed by atoms with van der Waals surface area (Å²) in [6, 6.07) is 18.8. The molecule has 2 heteroatoms. The van der Waals surface area contributed by atoms with E-state index in [1.54, 1.807) is 7.05 Å². The van der Waals surface area contributed by atoms with Crippen LogP contribution >= 0.6 is 0 Å². The molecule has 2 aromatic rings. The molecule has 0 bridgehead atoms. The number of nitriles is 1. The van der Waals surface area contributed by atoms with Gasteiger partial charge in [0, 0.05) is 7.05 Å². The van der Waals surface area contributed by atoms with Gasteiger partial charge in [0.1, 0.15) is 11.8 Å². The highest BCUT2D eigenvalue weighted by molar-refractivity contribution is 5.72. The number of hydrogen-bond donors (Lipinski definition) is 1. The van der Waals surface area contributed by atoms with Crippen LogP contribution in [-0.2, 0) is 0 Å². The fraction of sp³-hybridized carbons (Fsp3) is 0.174. The Kier molecular flexibility index (Phi) is 6.37. The van der Waals surface area contributed by atoms with E-state index in [2.05, 4.69) is 79.9 Å². The lowest BCUT2D eigenvalue weighted by Crippen LogP contribution is -2.05. The number of benzene rings is 2. The number of aryl methyl sites for hydroxylation is 1. The maximum absolute atomic E-state index is 9.17. The smallest absolute Gasteiger partial charge is 0.117 e. The molecule has 0 spiro atoms. The highest BCUT2D eigenvalue weighted by Crippen LogP contribution is 2.19. The Bertz CT molecular complexity index is 877. The third-order valence-corrected chi connectivity index (χ3v) is 4.17. The van der Waals surface area contributed by atoms with Gasteiger partial charge in [0.25, 0.3) is 0 Å². The summed E-state index contributed by atoms with van der Waals surface area (Å²) >= 11 is 0. The zero-order valence-corrected chi connectivity index (χ0v) is 15.3. The lowest BCUT2D eigenvalue weighted by atomic mass is 10.0. The molecule has 0 aromatic heterocycles. The van der Waals surface area contributed by atoms with Crippen molar-refractivity contribution in [1.29, 1.82) is 5.26 Å². The van der Waals surface area contributed by atoms with Gasteiger partial charge in [-0.05, 0) is 54.7 Å². The lowest BCUT2D eigenvalue weighted by Gasteiger charge is -2.06. The van der Waals surface area contributed by atoms with Crippen LogP contribution in [0.5, 0.6) is 0 Å². The number of nitrogens with one attached hydrogen (secondary N) is 1. The van der Waals surface area contributed by atoms with Gasteiger partial charge in [-0.3, -0.25) is 0 Å². The summed E-state index contributed by atoms with van der Waals surface area (Å²) in [5.74, 6) is 0. The molecule has 0 radical (unpaired) electrons. The normalized spacial score (nSPS) is 12.7. The molecule has 0 saturated heterocycles. The average molecular weight is 328 g/mol. The van der Waals surface area contributed by atoms with Crippen LogP contribution in [0.2, 0.25) is 0 Å². The summed E-state index contributed by atoms with van der Waals surface area (Å²) in [6.07, 6.45) is 6.41. The third-order valence-electron chi connectivity index (χ3n) is 4.17. The van der Waals surface area contributed by atoms with E-state index in [1.165, 1.54) is 16.7 Å². The van der Waals surface area contributed by atoms with Crippen molar-refractivity contribution >= 4 is 17.7 Å². The van der Waals surface area contributed by atoms with E-state index in [0.717, 1.165) is 16.7 Å². The van der Waals surface area contributed by atoms with Crippen LogP contribution in [0, 0.1) is 18.3 Å². The summed E-state index contributed by atoms with van der Waals surface area (Å²) in [6.45, 7) is 6.18. The van der Waals surface area contributed by atoms with E-state index in [9.17, 15) is 5.26 Å². The first-order valence-corrected chi connectivity index (χ1v) is 8.36. The van der Waals surface area contributed by atoms with Gasteiger partial charge in [0.05, 0.1) is 0 Å². The molecule has 0 unspecified atom stereocenters. The predicted octanol–water partition coefficient (Wildman–Crippen LogP) is 5.59. The Hall–Kier alpha value is -3.05. The molecule has 2 nitrogen and oxygen atoms in total. The minimum atomic E-state index is 0.594. The summed E-state index contributed by atoms with van der Waals surface area (Å²) in [5.41, 5.74) is 7.42. The minimum Gasteiger partial charge on any atom is -0.379 e. The molecule has 126 valence electrons. The molecule has 0 heterocycles. The quantitative estimate of drug-likeness (QED) is 0.574. The maximum atomic E-state index is 9.17. The summed E-state index contributed by atoms with van der Waals surface area (Å²) < 4.78 is 0. The van der Waals surface area contributed by atoms with Crippen molar-refractivity contribution in [2.45, 2.75) is 20.8 Å². The van der Waals surface area contributed by atoms with Crippen molar-refractivity contribution in [3.63, 3.8) is 0 Å². The average Bonchev–Trinajstić information content (AvgIpc) is 2.63. The SMILES string of the molecule is CN/C(C#N)=C(\C)c1cccc(/C=C/C(C)=C/c2ccccc2C)c1. The summed E-state index contributed by atoms with van der Waals surface area (Å²) in [4.78, 5) is 0. The van der Waals surface area contributed by atoms with Crippen LogP contribution in [0.4, 0.5) is 0 Å². The fourth-order valence-electron chi connectivity index (χ4n) is 2.62. The van der Waals surface area contributed by atoms with E-state index in [1.807, 2.05) is 19.1 Å². The Labute approximate surface area is 150 Å². The highest BCUT2D eigenvalue weighted by Gasteiger charge is 2.03. The van der Waals surface area contributed by atoms with E-state index >= 15 is 0 Å². The van der Waals surface area contributed by atoms with E-state index in [-0.39, 0.29) is 0 Å². The molecule has 2 rings (SSSR count). The topological polar surface area (TPSA) is 35.8 Å². The predicted molar refractivity (Wildman–Crippen MR) is 108 cm³/mol. The Morgan fingerprint density at radius 1 is 1.08 bits per heavy atom. The Balaban J connectivity index is 2.25. The van der Waals surface area contributed by atoms with Gasteiger partial charge in [-0.15, -0.1) is 0 Å². The first-order chi connectivity index (χ1) is 12.0. The summed E-state index contributed by atoms with van der Waals surface area (Å²) in [7, 11) is 1.77. The molecular weight excluding hydrogens is 304 g/mol. The monoisotopic (exact) mass is 328 g/mol. The van der Waals surface area contributed by atoms with E-state index in [4.69, 9.17) is 0 Å². The highest BCUT2D eigenvalue weighted by atomic mass is 14.8. The van der Waals surface area contributed by atoms with Crippen molar-refractivity contribution in [2.75, 3.05) is 7.05 Å². The Morgan fingerprint density at radius 2 is 1.84 bits per heavy atom. The zero-order chi connectivity index (χ0) is 18.2. The van der Waals surface area contributed by atoms with Crippen molar-refractivity contribution in [3.8, 4) is 6.07 Å². The largest absolute Gasteiger partial charge is 0.379 e. The minimum absolute atomic E-state index is 0.594. The standard InChI is InChI=1S/C23H24N2/c1-17(14-21-10-6-5-8-18(21)2)12-13-20-9-7-11-22(15-20)19(3)23(16-24)25-4/h5-15,25H,1-4H3/b13-12+,17-14+,23-19+. The molecule has 2 aromatic carbocycles. The van der Waals surface area contributed by atoms with Crippen molar-refractivity contribution in [3.05, 3.63) is 88.1 Å². The summed E-state index contributed by atoms with van der Waals surface area (Å²) in [5, 5.41) is 12.1. The molecule has 0 aliphatic heterocycles. The fourth-order valence-corrected chi connectivity index (χ4v) is 2.62. The van der Waals surface area contributed by atoms with Crippen molar-refractivity contribution in [2.24, 2.45) is 0 Å². The van der Waals surface area contributed by atoms with Crippen molar-refractivity contribution in [1.82, 2.24) is 5.32 Å². The first-order valence-electron chi connectivity index (χ1n) is 8.36. The van der Waals surface area contributed by atoms with E-state index in [0.29, 0.717) is 5.70 Å². The van der Waals surface area contributed by atoms with Gasteiger partial charge in [0.2, 0.25) is 0 Å². The molecular formula is C23H24N2. The van der Waals surface area contributed by atoms with Gasteiger partial charge in [-0.25, -0.2) is 0 Å². The maximum Gasteiger partial charge on any atom is 0.117 e. The van der Waals surface area contributed by atoms with Crippen LogP contribution in [0.25, 0.3) is 17.7 Å². The van der Waals surface area contributed by atoms with Crippen LogP contribution in [0.3, 0.4) is 0 Å². The van der Waals surface area contributed by atoms with Crippen LogP contribution < -0.4 is 5.32 Å². The zero-order valence-electron chi connectivity index (χ0n) is 15.3. The number of rotatable bonds is 5. The lowest BCUT2D eigenvalue weighted by molar-refractivity contribution is 1.04. The molecule has 1 N–H and O–H groups in total. The van der Waals surface area contributed by atoms with E-state index < -0.39 is 0 Å². The molecule has 0 atom stereocenters. The molecule has 0 fully saturated rings. The number of nitrogens with zero attached hydrogens (tertiary/aromatic N) is 1. The first kappa shape index (κ1) is 18.3. The van der Waals surface area contributed by atoms with Crippen LogP contribution in [0.15, 0.2) is 65.9 Å². The molecule has 0 aliphatic carbocycles. The van der Waals surface area contributed by atoms with Gasteiger partial charge >= 0.3 is 0 Å². The number of hydrogen-bond acceptors (Lipinski definition) is 2. The van der Waals surface area contributed by atoms with Gasteiger partial charge < -0.3 is 5.32 Å². The molecule has 25 heavy (non-hydrogen) atoms. The van der Waals surface area contributed by atoms with Crippen LogP contribution in [-0.4, -0.2) is 7.05 Å². The molecule has 0 amide bonds. The second-order valence-corrected chi connectivity index (χ2v) is 6.07. The number of allylic oxidation sites excluding steroid dienone is 4. The van der Waals surface area contributed by atoms with Gasteiger partial charge in [-0.1, -0.05) is 66.3 Å². The molecule has 0 aliphatic rings. The second-order valence-electron chi connectivity index (χ2n) is 6.07. The van der Waals surface area contributed by atoms with Crippen LogP contribution in [0.1, 0.15) is 36.1 Å². The van der Waals surface area contributed by atoms with Crippen molar-refractivity contribution < 1.29 is 0 Å². The van der Waals surface area contributed by atoms with Gasteiger partial charge in [0.15, 0.2) is 0 Å². The van der Waals surface area contributed by atoms with Gasteiger partial charge in [-0.2, -0.15) is 5.26 Å². The molecule has 0 saturated carbocycles. The Morgan fingerprint density at radius 3 is 2.52 bits per heavy atom. The third kappa shape index (κ3) is 4.96. The second kappa shape index (κ2) is 8.70.